The van der Waals surface area contributed by atoms with Gasteiger partial charge < -0.3 is 0 Å². The van der Waals surface area contributed by atoms with E-state index in [0.717, 1.165) is 98.4 Å². The van der Waals surface area contributed by atoms with Gasteiger partial charge in [-0.15, -0.1) is 0 Å². The Kier molecular flexibility index (Phi) is 8.92. The molecule has 0 unspecified atom stereocenters. The average Bonchev–Trinajstić information content (AvgIpc) is 3.29. The van der Waals surface area contributed by atoms with Crippen LogP contribution in [0, 0.1) is 47.4 Å². The zero-order valence-electron chi connectivity index (χ0n) is 31.5. The van der Waals surface area contributed by atoms with Gasteiger partial charge in [0.15, 0.2) is 0 Å². The molecule has 0 heteroatoms. The molecule has 264 valence electrons. The molecule has 10 rings (SSSR count). The van der Waals surface area contributed by atoms with Crippen molar-refractivity contribution in [3.8, 4) is 47.4 Å². The first-order valence-corrected chi connectivity index (χ1v) is 19.4. The Morgan fingerprint density at radius 1 is 0.207 bits per heavy atom. The average molecular weight is 729 g/mol. The molecule has 0 heterocycles. The second kappa shape index (κ2) is 15.1. The molecule has 0 aromatic heterocycles. The van der Waals surface area contributed by atoms with Gasteiger partial charge >= 0.3 is 0 Å². The van der Waals surface area contributed by atoms with Gasteiger partial charge in [0.2, 0.25) is 0 Å². The van der Waals surface area contributed by atoms with E-state index in [2.05, 4.69) is 169 Å². The molecule has 0 fully saturated rings. The molecule has 0 amide bonds. The molecular weight excluding hydrogens is 697 g/mol. The minimum absolute atomic E-state index is 0.903. The van der Waals surface area contributed by atoms with Crippen LogP contribution in [0.5, 0.6) is 0 Å². The lowest BCUT2D eigenvalue weighted by Gasteiger charge is -2.18. The van der Waals surface area contributed by atoms with Gasteiger partial charge in [0.05, 0.1) is 0 Å². The maximum Gasteiger partial charge on any atom is 0.0420 e. The molecule has 0 bridgehead atoms. The van der Waals surface area contributed by atoms with E-state index >= 15 is 0 Å². The Bertz CT molecular complexity index is 3010. The van der Waals surface area contributed by atoms with Gasteiger partial charge in [-0.3, -0.25) is 0 Å². The quantitative estimate of drug-likeness (QED) is 0.108. The lowest BCUT2D eigenvalue weighted by molar-refractivity contribution is 1.63. The van der Waals surface area contributed by atoms with E-state index in [1.165, 1.54) is 0 Å². The van der Waals surface area contributed by atoms with Crippen molar-refractivity contribution in [2.24, 2.45) is 0 Å². The number of benzene rings is 10. The SMILES string of the molecule is C(#Cc1c2cc3ccccc3cc2c(C#Cc2ccccc2)c2c(C#Cc3ccccc3)c3cc4ccccc4cc3c(C#Cc3ccccc3)c12)c1ccccc1. The Morgan fingerprint density at radius 2 is 0.414 bits per heavy atom. The summed E-state index contributed by atoms with van der Waals surface area (Å²) in [7, 11) is 0. The van der Waals surface area contributed by atoms with Crippen LogP contribution < -0.4 is 0 Å². The van der Waals surface area contributed by atoms with Gasteiger partial charge in [0.25, 0.3) is 0 Å². The second-order valence-electron chi connectivity index (χ2n) is 14.2. The largest absolute Gasteiger partial charge is 0.0622 e. The van der Waals surface area contributed by atoms with Crippen molar-refractivity contribution >= 4 is 53.9 Å². The molecule has 0 atom stereocenters. The van der Waals surface area contributed by atoms with E-state index in [1.807, 2.05) is 72.8 Å². The maximum atomic E-state index is 3.74. The Hall–Kier alpha value is -8.26. The van der Waals surface area contributed by atoms with Gasteiger partial charge in [0.1, 0.15) is 0 Å². The molecule has 0 aliphatic heterocycles. The van der Waals surface area contributed by atoms with Gasteiger partial charge in [-0.25, -0.2) is 0 Å². The van der Waals surface area contributed by atoms with Crippen LogP contribution in [0.15, 0.2) is 194 Å². The third-order valence-corrected chi connectivity index (χ3v) is 10.5. The molecule has 0 aliphatic rings. The second-order valence-corrected chi connectivity index (χ2v) is 14.2. The summed E-state index contributed by atoms with van der Waals surface area (Å²) in [5, 5.41) is 10.5. The predicted octanol–water partition coefficient (Wildman–Crippen LogP) is 13.1. The van der Waals surface area contributed by atoms with Gasteiger partial charge in [-0.2, -0.15) is 0 Å². The van der Waals surface area contributed by atoms with E-state index in [9.17, 15) is 0 Å². The monoisotopic (exact) mass is 728 g/mol. The lowest BCUT2D eigenvalue weighted by atomic mass is 9.82. The molecule has 58 heavy (non-hydrogen) atoms. The predicted molar refractivity (Wildman–Crippen MR) is 244 cm³/mol. The van der Waals surface area contributed by atoms with Crippen LogP contribution in [-0.2, 0) is 0 Å². The van der Waals surface area contributed by atoms with Crippen LogP contribution in [0.3, 0.4) is 0 Å². The van der Waals surface area contributed by atoms with Crippen molar-refractivity contribution in [2.75, 3.05) is 0 Å². The standard InChI is InChI=1S/C58H32/c1-5-17-41(18-6-1)29-33-49-53-37-45-25-13-14-26-46(45)38-54(53)51(35-31-43-21-9-3-10-22-43)58-52(36-32-44-23-11-4-12-24-44)56-40-48-28-16-15-27-47(48)39-55(56)50(57(49)58)34-30-42-19-7-2-8-20-42/h1-28,37-40H. The third kappa shape index (κ3) is 6.60. The molecule has 0 saturated heterocycles. The van der Waals surface area contributed by atoms with Crippen LogP contribution in [0.1, 0.15) is 44.5 Å². The van der Waals surface area contributed by atoms with Crippen molar-refractivity contribution in [1.82, 2.24) is 0 Å². The molecule has 10 aromatic carbocycles. The summed E-state index contributed by atoms with van der Waals surface area (Å²) in [6.07, 6.45) is 0. The summed E-state index contributed by atoms with van der Waals surface area (Å²) in [6.45, 7) is 0. The minimum atomic E-state index is 0.903. The van der Waals surface area contributed by atoms with Crippen molar-refractivity contribution in [2.45, 2.75) is 0 Å². The summed E-state index contributed by atoms with van der Waals surface area (Å²) >= 11 is 0. The molecule has 0 nitrogen and oxygen atoms in total. The van der Waals surface area contributed by atoms with Crippen LogP contribution in [0.2, 0.25) is 0 Å². The van der Waals surface area contributed by atoms with Crippen LogP contribution >= 0.6 is 0 Å². The van der Waals surface area contributed by atoms with Crippen molar-refractivity contribution < 1.29 is 0 Å². The zero-order valence-corrected chi connectivity index (χ0v) is 31.5. The lowest BCUT2D eigenvalue weighted by Crippen LogP contribution is -1.99. The van der Waals surface area contributed by atoms with Crippen LogP contribution in [0.4, 0.5) is 0 Å². The normalized spacial score (nSPS) is 10.6. The van der Waals surface area contributed by atoms with E-state index in [1.54, 1.807) is 0 Å². The van der Waals surface area contributed by atoms with Crippen LogP contribution in [0.25, 0.3) is 53.9 Å². The molecule has 0 N–H and O–H groups in total. The highest BCUT2D eigenvalue weighted by Gasteiger charge is 2.22. The number of hydrogen-bond donors (Lipinski definition) is 0. The summed E-state index contributed by atoms with van der Waals surface area (Å²) < 4.78 is 0. The highest BCUT2D eigenvalue weighted by molar-refractivity contribution is 6.22. The van der Waals surface area contributed by atoms with Gasteiger partial charge in [-0.05, 0) is 116 Å². The Balaban J connectivity index is 1.49. The van der Waals surface area contributed by atoms with Crippen molar-refractivity contribution in [3.63, 3.8) is 0 Å². The molecule has 0 aliphatic carbocycles. The fraction of sp³-hybridized carbons (Fsp3) is 0. The Labute approximate surface area is 338 Å². The summed E-state index contributed by atoms with van der Waals surface area (Å²) in [4.78, 5) is 0. The van der Waals surface area contributed by atoms with Gasteiger partial charge in [-0.1, -0.05) is 169 Å². The zero-order chi connectivity index (χ0) is 38.7. The maximum absolute atomic E-state index is 3.74. The first kappa shape index (κ1) is 34.2. The van der Waals surface area contributed by atoms with E-state index in [4.69, 9.17) is 0 Å². The highest BCUT2D eigenvalue weighted by Crippen LogP contribution is 2.43. The minimum Gasteiger partial charge on any atom is -0.0622 e. The summed E-state index contributed by atoms with van der Waals surface area (Å²) in [6, 6.07) is 66.9. The topological polar surface area (TPSA) is 0 Å². The summed E-state index contributed by atoms with van der Waals surface area (Å²) in [5.74, 6) is 29.2. The van der Waals surface area contributed by atoms with Crippen LogP contribution in [-0.4, -0.2) is 0 Å². The number of fused-ring (bicyclic) bond motifs is 5. The Morgan fingerprint density at radius 3 is 0.638 bits per heavy atom. The highest BCUT2D eigenvalue weighted by atomic mass is 14.2. The molecule has 10 aromatic rings. The first-order valence-electron chi connectivity index (χ1n) is 19.4. The third-order valence-electron chi connectivity index (χ3n) is 10.5. The first-order chi connectivity index (χ1) is 28.8. The fourth-order valence-corrected chi connectivity index (χ4v) is 7.74. The van der Waals surface area contributed by atoms with E-state index < -0.39 is 0 Å². The van der Waals surface area contributed by atoms with Crippen molar-refractivity contribution in [1.29, 1.82) is 0 Å². The molecule has 0 radical (unpaired) electrons. The van der Waals surface area contributed by atoms with E-state index in [0.29, 0.717) is 0 Å². The molecule has 0 spiro atoms. The van der Waals surface area contributed by atoms with E-state index in [-0.39, 0.29) is 0 Å². The number of rotatable bonds is 0. The molecular formula is C58H32. The van der Waals surface area contributed by atoms with Crippen molar-refractivity contribution in [3.05, 3.63) is 239 Å². The fourth-order valence-electron chi connectivity index (χ4n) is 7.74. The van der Waals surface area contributed by atoms with Gasteiger partial charge in [0, 0.05) is 55.3 Å². The smallest absolute Gasteiger partial charge is 0.0420 e. The summed E-state index contributed by atoms with van der Waals surface area (Å²) in [5.41, 5.74) is 7.35. The molecule has 0 saturated carbocycles. The number of hydrogen-bond acceptors (Lipinski definition) is 0.